The van der Waals surface area contributed by atoms with Gasteiger partial charge in [-0.2, -0.15) is 21.6 Å². The lowest BCUT2D eigenvalue weighted by molar-refractivity contribution is -0.197. The number of halogens is 5. The van der Waals surface area contributed by atoms with Crippen molar-refractivity contribution in [2.24, 2.45) is 0 Å². The summed E-state index contributed by atoms with van der Waals surface area (Å²) in [6.45, 7) is 4.98. The molecule has 0 saturated carbocycles. The lowest BCUT2D eigenvalue weighted by atomic mass is 10.2. The summed E-state index contributed by atoms with van der Waals surface area (Å²) in [6.07, 6.45) is -9.03. The largest absolute Gasteiger partial charge is 0.448 e. The van der Waals surface area contributed by atoms with Crippen LogP contribution in [0.1, 0.15) is 31.1 Å². The van der Waals surface area contributed by atoms with Gasteiger partial charge in [0.1, 0.15) is 11.4 Å². The van der Waals surface area contributed by atoms with Gasteiger partial charge in [-0.25, -0.2) is 9.59 Å². The van der Waals surface area contributed by atoms with Gasteiger partial charge in [0, 0.05) is 16.0 Å². The van der Waals surface area contributed by atoms with Gasteiger partial charge < -0.3 is 9.47 Å². The number of benzene rings is 1. The average Bonchev–Trinajstić information content (AvgIpc) is 2.51. The van der Waals surface area contributed by atoms with Gasteiger partial charge in [0.15, 0.2) is 0 Å². The number of carbonyl (C=O) groups is 2. The van der Waals surface area contributed by atoms with Crippen LogP contribution in [0.5, 0.6) is 0 Å². The van der Waals surface area contributed by atoms with E-state index in [4.69, 9.17) is 9.29 Å². The molecule has 0 saturated heterocycles. The fourth-order valence-electron chi connectivity index (χ4n) is 1.96. The molecule has 0 radical (unpaired) electrons. The second-order valence-corrected chi connectivity index (χ2v) is 10.2. The molecule has 1 N–H and O–H groups in total. The zero-order chi connectivity index (χ0) is 23.7. The van der Waals surface area contributed by atoms with E-state index >= 15 is 0 Å². The first-order valence-corrected chi connectivity index (χ1v) is 11.2. The van der Waals surface area contributed by atoms with Crippen LogP contribution in [0.4, 0.5) is 23.7 Å². The summed E-state index contributed by atoms with van der Waals surface area (Å²) in [4.78, 5) is 25.5. The van der Waals surface area contributed by atoms with E-state index in [1.807, 2.05) is 0 Å². The monoisotopic (exact) mass is 583 g/mol. The third-order valence-electron chi connectivity index (χ3n) is 3.26. The third kappa shape index (κ3) is 8.04. The Bertz CT molecular complexity index is 930. The average molecular weight is 585 g/mol. The van der Waals surface area contributed by atoms with Gasteiger partial charge in [-0.05, 0) is 64.8 Å². The second kappa shape index (κ2) is 9.40. The Balaban J connectivity index is 3.18. The molecule has 0 aliphatic rings. The molecular formula is C16H18Br2F3NO7S. The van der Waals surface area contributed by atoms with Gasteiger partial charge in [-0.1, -0.05) is 0 Å². The zero-order valence-corrected chi connectivity index (χ0v) is 20.1. The van der Waals surface area contributed by atoms with Gasteiger partial charge in [-0.15, -0.1) is 0 Å². The summed E-state index contributed by atoms with van der Waals surface area (Å²) in [5.74, 6) is -3.35. The molecule has 1 unspecified atom stereocenters. The smallest absolute Gasteiger partial charge is 0.426 e. The van der Waals surface area contributed by atoms with Crippen LogP contribution >= 0.6 is 31.9 Å². The standard InChI is InChI=1S/C16H18Br2F3NO7S/c1-15(2,3)29-14(24)22(4)11-6-9(17)8(5-10(11)18)13(23)28-12(16(19,20)21)7-30(25,26)27/h5-6,12H,7H2,1-4H3,(H,25,26,27). The molecule has 14 heteroatoms. The Morgan fingerprint density at radius 1 is 1.17 bits per heavy atom. The number of carbonyl (C=O) groups excluding carboxylic acids is 2. The van der Waals surface area contributed by atoms with E-state index in [2.05, 4.69) is 36.6 Å². The number of alkyl halides is 3. The summed E-state index contributed by atoms with van der Waals surface area (Å²) in [5, 5.41) is 0. The van der Waals surface area contributed by atoms with Gasteiger partial charge in [0.05, 0.1) is 11.3 Å². The van der Waals surface area contributed by atoms with Crippen LogP contribution in [0.3, 0.4) is 0 Å². The summed E-state index contributed by atoms with van der Waals surface area (Å²) < 4.78 is 78.8. The van der Waals surface area contributed by atoms with Crippen LogP contribution in [0.15, 0.2) is 21.1 Å². The molecule has 1 rings (SSSR count). The number of hydrogen-bond acceptors (Lipinski definition) is 6. The fourth-order valence-corrected chi connectivity index (χ4v) is 3.70. The van der Waals surface area contributed by atoms with Crippen LogP contribution < -0.4 is 4.90 Å². The summed E-state index contributed by atoms with van der Waals surface area (Å²) in [7, 11) is -3.69. The molecule has 0 aliphatic carbocycles. The number of hydrogen-bond donors (Lipinski definition) is 1. The van der Waals surface area contributed by atoms with Crippen molar-refractivity contribution < 1.29 is 45.2 Å². The van der Waals surface area contributed by atoms with Gasteiger partial charge in [0.2, 0.25) is 6.10 Å². The number of rotatable bonds is 5. The number of amides is 1. The molecule has 1 aromatic rings. The predicted molar refractivity (Wildman–Crippen MR) is 108 cm³/mol. The minimum Gasteiger partial charge on any atom is -0.448 e. The number of anilines is 1. The fraction of sp³-hybridized carbons (Fsp3) is 0.500. The lowest BCUT2D eigenvalue weighted by Gasteiger charge is -2.26. The van der Waals surface area contributed by atoms with Crippen LogP contribution in [-0.2, 0) is 19.6 Å². The van der Waals surface area contributed by atoms with Crippen molar-refractivity contribution >= 4 is 59.7 Å². The highest BCUT2D eigenvalue weighted by atomic mass is 79.9. The van der Waals surface area contributed by atoms with Crippen LogP contribution in [0, 0.1) is 0 Å². The lowest BCUT2D eigenvalue weighted by Crippen LogP contribution is -2.39. The van der Waals surface area contributed by atoms with Crippen molar-refractivity contribution in [3.63, 3.8) is 0 Å². The Labute approximate surface area is 187 Å². The van der Waals surface area contributed by atoms with E-state index in [1.54, 1.807) is 20.8 Å². The third-order valence-corrected chi connectivity index (χ3v) is 5.28. The molecule has 0 bridgehead atoms. The molecule has 30 heavy (non-hydrogen) atoms. The molecule has 1 aromatic carbocycles. The number of nitrogens with zero attached hydrogens (tertiary/aromatic N) is 1. The Kier molecular flexibility index (Phi) is 8.36. The molecule has 0 spiro atoms. The molecule has 170 valence electrons. The molecule has 0 aliphatic heterocycles. The van der Waals surface area contributed by atoms with Gasteiger partial charge >= 0.3 is 18.2 Å². The van der Waals surface area contributed by atoms with Crippen molar-refractivity contribution in [1.82, 2.24) is 0 Å². The Morgan fingerprint density at radius 2 is 1.70 bits per heavy atom. The van der Waals surface area contributed by atoms with Crippen molar-refractivity contribution in [2.75, 3.05) is 17.7 Å². The maximum Gasteiger partial charge on any atom is 0.426 e. The van der Waals surface area contributed by atoms with Crippen molar-refractivity contribution in [3.05, 3.63) is 26.6 Å². The summed E-state index contributed by atoms with van der Waals surface area (Å²) in [5.41, 5.74) is -0.941. The predicted octanol–water partition coefficient (Wildman–Crippen LogP) is 4.56. The van der Waals surface area contributed by atoms with E-state index in [0.29, 0.717) is 0 Å². The molecular weight excluding hydrogens is 567 g/mol. The first kappa shape index (κ1) is 26.7. The van der Waals surface area contributed by atoms with Gasteiger partial charge in [0.25, 0.3) is 10.1 Å². The maximum absolute atomic E-state index is 13.0. The van der Waals surface area contributed by atoms with E-state index in [-0.39, 0.29) is 20.2 Å². The molecule has 1 atom stereocenters. The molecule has 0 heterocycles. The normalized spacial score (nSPS) is 13.5. The van der Waals surface area contributed by atoms with Crippen molar-refractivity contribution in [2.45, 2.75) is 38.7 Å². The minimum atomic E-state index is -5.23. The van der Waals surface area contributed by atoms with E-state index in [0.717, 1.165) is 11.0 Å². The number of esters is 1. The minimum absolute atomic E-state index is 0.0334. The van der Waals surface area contributed by atoms with Gasteiger partial charge in [-0.3, -0.25) is 9.45 Å². The molecule has 0 fully saturated rings. The highest BCUT2D eigenvalue weighted by Gasteiger charge is 2.45. The van der Waals surface area contributed by atoms with Crippen molar-refractivity contribution in [1.29, 1.82) is 0 Å². The SMILES string of the molecule is CN(C(=O)OC(C)(C)C)c1cc(Br)c(C(=O)OC(CS(=O)(=O)O)C(F)(F)F)cc1Br. The Morgan fingerprint density at radius 3 is 2.13 bits per heavy atom. The highest BCUT2D eigenvalue weighted by Crippen LogP contribution is 2.34. The van der Waals surface area contributed by atoms with E-state index in [1.165, 1.54) is 13.1 Å². The topological polar surface area (TPSA) is 110 Å². The van der Waals surface area contributed by atoms with Crippen molar-refractivity contribution in [3.8, 4) is 0 Å². The Hall–Kier alpha value is -1.38. The van der Waals surface area contributed by atoms with E-state index in [9.17, 15) is 31.2 Å². The number of ether oxygens (including phenoxy) is 2. The first-order chi connectivity index (χ1) is 13.3. The quantitative estimate of drug-likeness (QED) is 0.399. The first-order valence-electron chi connectivity index (χ1n) is 8.00. The summed E-state index contributed by atoms with van der Waals surface area (Å²) in [6, 6.07) is 2.35. The second-order valence-electron chi connectivity index (χ2n) is 7.01. The highest BCUT2D eigenvalue weighted by molar-refractivity contribution is 9.11. The molecule has 1 amide bonds. The van der Waals surface area contributed by atoms with E-state index < -0.39 is 45.8 Å². The van der Waals surface area contributed by atoms with Crippen LogP contribution in [-0.4, -0.2) is 55.7 Å². The molecule has 0 aromatic heterocycles. The van der Waals surface area contributed by atoms with Crippen LogP contribution in [0.2, 0.25) is 0 Å². The maximum atomic E-state index is 13.0. The zero-order valence-electron chi connectivity index (χ0n) is 16.1. The molecule has 8 nitrogen and oxygen atoms in total. The summed E-state index contributed by atoms with van der Waals surface area (Å²) >= 11 is 6.13. The van der Waals surface area contributed by atoms with Crippen LogP contribution in [0.25, 0.3) is 0 Å².